The van der Waals surface area contributed by atoms with Crippen LogP contribution in [0.1, 0.15) is 36.9 Å². The van der Waals surface area contributed by atoms with Crippen molar-refractivity contribution in [1.82, 2.24) is 10.3 Å². The monoisotopic (exact) mass is 258 g/mol. The molecule has 100 valence electrons. The summed E-state index contributed by atoms with van der Waals surface area (Å²) in [6.07, 6.45) is 3.58. The van der Waals surface area contributed by atoms with Crippen molar-refractivity contribution in [3.8, 4) is 0 Å². The van der Waals surface area contributed by atoms with Crippen molar-refractivity contribution in [2.24, 2.45) is 0 Å². The molecule has 2 atom stereocenters. The van der Waals surface area contributed by atoms with E-state index in [1.807, 2.05) is 18.2 Å². The number of hydrogen-bond acceptors (Lipinski definition) is 2. The number of hydrogen-bond donors (Lipinski definition) is 1. The molecule has 1 aromatic carbocycles. The van der Waals surface area contributed by atoms with E-state index in [4.69, 9.17) is 0 Å². The Labute approximate surface area is 113 Å². The summed E-state index contributed by atoms with van der Waals surface area (Å²) in [5.74, 6) is 0.0621. The van der Waals surface area contributed by atoms with Crippen molar-refractivity contribution >= 4 is 0 Å². The Balaban J connectivity index is 2.30. The molecule has 0 saturated heterocycles. The average Bonchev–Trinajstić information content (AvgIpc) is 2.45. The first-order valence-corrected chi connectivity index (χ1v) is 6.61. The third kappa shape index (κ3) is 3.38. The summed E-state index contributed by atoms with van der Waals surface area (Å²) in [7, 11) is 0. The molecule has 0 amide bonds. The fourth-order valence-corrected chi connectivity index (χ4v) is 2.36. The first kappa shape index (κ1) is 13.7. The zero-order chi connectivity index (χ0) is 13.7. The van der Waals surface area contributed by atoms with E-state index in [0.717, 1.165) is 12.1 Å². The number of likely N-dealkylation sites (N-methyl/N-ethyl adjacent to an activating group) is 1. The Morgan fingerprint density at radius 2 is 1.89 bits per heavy atom. The van der Waals surface area contributed by atoms with Crippen molar-refractivity contribution in [1.29, 1.82) is 0 Å². The van der Waals surface area contributed by atoms with Gasteiger partial charge in [0.15, 0.2) is 0 Å². The van der Waals surface area contributed by atoms with Gasteiger partial charge in [-0.05, 0) is 41.9 Å². The van der Waals surface area contributed by atoms with Gasteiger partial charge in [0.05, 0.1) is 0 Å². The van der Waals surface area contributed by atoms with E-state index >= 15 is 0 Å². The van der Waals surface area contributed by atoms with Crippen LogP contribution in [0, 0.1) is 5.82 Å². The molecular formula is C16H19FN2. The molecule has 0 bridgehead atoms. The van der Waals surface area contributed by atoms with Crippen LogP contribution < -0.4 is 5.32 Å². The van der Waals surface area contributed by atoms with Crippen LogP contribution in [0.15, 0.2) is 48.8 Å². The van der Waals surface area contributed by atoms with Gasteiger partial charge >= 0.3 is 0 Å². The van der Waals surface area contributed by atoms with Gasteiger partial charge in [-0.1, -0.05) is 26.0 Å². The van der Waals surface area contributed by atoms with Crippen LogP contribution in [0.25, 0.3) is 0 Å². The molecular weight excluding hydrogens is 239 g/mol. The maximum absolute atomic E-state index is 13.4. The minimum atomic E-state index is -0.192. The Kier molecular flexibility index (Phi) is 4.63. The molecule has 0 aliphatic heterocycles. The van der Waals surface area contributed by atoms with Crippen molar-refractivity contribution < 1.29 is 4.39 Å². The van der Waals surface area contributed by atoms with Gasteiger partial charge in [-0.2, -0.15) is 0 Å². The van der Waals surface area contributed by atoms with Crippen LogP contribution in [-0.2, 0) is 0 Å². The number of benzene rings is 1. The number of halogens is 1. The molecule has 1 N–H and O–H groups in total. The predicted molar refractivity (Wildman–Crippen MR) is 75.5 cm³/mol. The molecule has 2 aromatic rings. The van der Waals surface area contributed by atoms with E-state index in [1.165, 1.54) is 11.6 Å². The number of aromatic nitrogens is 1. The second-order valence-corrected chi connectivity index (χ2v) is 4.66. The highest BCUT2D eigenvalue weighted by Crippen LogP contribution is 2.30. The van der Waals surface area contributed by atoms with Gasteiger partial charge in [-0.15, -0.1) is 0 Å². The third-order valence-corrected chi connectivity index (χ3v) is 3.36. The van der Waals surface area contributed by atoms with Crippen molar-refractivity contribution in [3.63, 3.8) is 0 Å². The lowest BCUT2D eigenvalue weighted by Gasteiger charge is -2.25. The summed E-state index contributed by atoms with van der Waals surface area (Å²) >= 11 is 0. The minimum Gasteiger partial charge on any atom is -0.310 e. The van der Waals surface area contributed by atoms with Crippen LogP contribution in [0.4, 0.5) is 4.39 Å². The van der Waals surface area contributed by atoms with Gasteiger partial charge in [0.2, 0.25) is 0 Å². The van der Waals surface area contributed by atoms with Crippen LogP contribution in [-0.4, -0.2) is 11.5 Å². The van der Waals surface area contributed by atoms with E-state index < -0.39 is 0 Å². The third-order valence-electron chi connectivity index (χ3n) is 3.36. The fraction of sp³-hybridized carbons (Fsp3) is 0.312. The normalized spacial score (nSPS) is 14.1. The molecule has 2 nitrogen and oxygen atoms in total. The van der Waals surface area contributed by atoms with E-state index in [-0.39, 0.29) is 17.8 Å². The number of nitrogens with zero attached hydrogens (tertiary/aromatic N) is 1. The van der Waals surface area contributed by atoms with Crippen LogP contribution >= 0.6 is 0 Å². The molecule has 0 aliphatic carbocycles. The first-order valence-electron chi connectivity index (χ1n) is 6.61. The highest BCUT2D eigenvalue weighted by atomic mass is 19.1. The Morgan fingerprint density at radius 1 is 1.16 bits per heavy atom. The lowest BCUT2D eigenvalue weighted by molar-refractivity contribution is 0.476. The number of rotatable bonds is 5. The first-order chi connectivity index (χ1) is 9.22. The highest BCUT2D eigenvalue weighted by molar-refractivity contribution is 5.26. The zero-order valence-corrected chi connectivity index (χ0v) is 11.3. The molecule has 0 radical (unpaired) electrons. The lowest BCUT2D eigenvalue weighted by atomic mass is 9.89. The molecule has 2 unspecified atom stereocenters. The summed E-state index contributed by atoms with van der Waals surface area (Å²) in [4.78, 5) is 4.04. The molecule has 19 heavy (non-hydrogen) atoms. The largest absolute Gasteiger partial charge is 0.310 e. The summed E-state index contributed by atoms with van der Waals surface area (Å²) in [5, 5.41) is 3.44. The van der Waals surface area contributed by atoms with Crippen molar-refractivity contribution in [2.45, 2.75) is 25.8 Å². The second-order valence-electron chi connectivity index (χ2n) is 4.66. The Hall–Kier alpha value is -1.74. The Morgan fingerprint density at radius 3 is 2.53 bits per heavy atom. The van der Waals surface area contributed by atoms with Gasteiger partial charge in [-0.25, -0.2) is 4.39 Å². The van der Waals surface area contributed by atoms with Gasteiger partial charge in [0.25, 0.3) is 0 Å². The molecule has 0 spiro atoms. The summed E-state index contributed by atoms with van der Waals surface area (Å²) < 4.78 is 13.4. The fourth-order valence-electron chi connectivity index (χ4n) is 2.36. The van der Waals surface area contributed by atoms with Gasteiger partial charge in [0.1, 0.15) is 5.82 Å². The highest BCUT2D eigenvalue weighted by Gasteiger charge is 2.20. The van der Waals surface area contributed by atoms with E-state index in [1.54, 1.807) is 24.5 Å². The smallest absolute Gasteiger partial charge is 0.123 e. The van der Waals surface area contributed by atoms with E-state index in [2.05, 4.69) is 24.1 Å². The predicted octanol–water partition coefficient (Wildman–Crippen LogP) is 3.68. The second kappa shape index (κ2) is 6.43. The van der Waals surface area contributed by atoms with Gasteiger partial charge in [-0.3, -0.25) is 4.98 Å². The maximum atomic E-state index is 13.4. The van der Waals surface area contributed by atoms with Crippen LogP contribution in [0.3, 0.4) is 0 Å². The van der Waals surface area contributed by atoms with Crippen LogP contribution in [0.2, 0.25) is 0 Å². The molecule has 3 heteroatoms. The Bertz CT molecular complexity index is 513. The topological polar surface area (TPSA) is 24.9 Å². The molecule has 0 saturated carbocycles. The van der Waals surface area contributed by atoms with Gasteiger partial charge in [0, 0.05) is 24.4 Å². The summed E-state index contributed by atoms with van der Waals surface area (Å²) in [6.45, 7) is 5.05. The minimum absolute atomic E-state index is 0.100. The van der Waals surface area contributed by atoms with Crippen LogP contribution in [0.5, 0.6) is 0 Å². The molecule has 0 aliphatic rings. The van der Waals surface area contributed by atoms with E-state index in [9.17, 15) is 4.39 Å². The maximum Gasteiger partial charge on any atom is 0.123 e. The lowest BCUT2D eigenvalue weighted by Crippen LogP contribution is -2.25. The SMILES string of the molecule is CCNC(c1cccc(F)c1)C(C)c1ccncc1. The number of pyridine rings is 1. The van der Waals surface area contributed by atoms with Crippen molar-refractivity contribution in [2.75, 3.05) is 6.54 Å². The molecule has 1 aromatic heterocycles. The quantitative estimate of drug-likeness (QED) is 0.885. The van der Waals surface area contributed by atoms with Crippen molar-refractivity contribution in [3.05, 3.63) is 65.7 Å². The number of nitrogens with one attached hydrogen (secondary N) is 1. The molecule has 0 fully saturated rings. The molecule has 1 heterocycles. The van der Waals surface area contributed by atoms with E-state index in [0.29, 0.717) is 0 Å². The summed E-state index contributed by atoms with van der Waals surface area (Å²) in [6, 6.07) is 10.9. The summed E-state index contributed by atoms with van der Waals surface area (Å²) in [5.41, 5.74) is 2.18. The molecule has 2 rings (SSSR count). The standard InChI is InChI=1S/C16H19FN2/c1-3-19-16(14-5-4-6-15(17)11-14)12(2)13-7-9-18-10-8-13/h4-12,16,19H,3H2,1-2H3. The average molecular weight is 258 g/mol. The zero-order valence-electron chi connectivity index (χ0n) is 11.3. The van der Waals surface area contributed by atoms with Gasteiger partial charge < -0.3 is 5.32 Å².